The minimum atomic E-state index is -2.12. The average Bonchev–Trinajstić information content (AvgIpc) is 1.65. The third-order valence-electron chi connectivity index (χ3n) is 0.333. The molecule has 0 heterocycles. The summed E-state index contributed by atoms with van der Waals surface area (Å²) in [6.07, 6.45) is 0. The molecule has 0 saturated heterocycles. The first-order valence-corrected chi connectivity index (χ1v) is 2.65. The molecule has 0 fully saturated rings. The van der Waals surface area contributed by atoms with Gasteiger partial charge in [0.1, 0.15) is 0 Å². The van der Waals surface area contributed by atoms with Crippen LogP contribution in [0.2, 0.25) is 0 Å². The van der Waals surface area contributed by atoms with Crippen molar-refractivity contribution in [3.05, 3.63) is 0 Å². The van der Waals surface area contributed by atoms with Crippen LogP contribution in [0.5, 0.6) is 0 Å². The first kappa shape index (κ1) is 11.2. The normalized spacial score (nSPS) is 8.43. The molecule has 0 radical (unpaired) electrons. The van der Waals surface area contributed by atoms with E-state index in [2.05, 4.69) is 9.05 Å². The Kier molecular flexibility index (Phi) is 11.9. The molecule has 0 unspecified atom stereocenters. The van der Waals surface area contributed by atoms with E-state index >= 15 is 0 Å². The summed E-state index contributed by atoms with van der Waals surface area (Å²) in [6, 6.07) is 0. The number of rotatable bonds is 2. The van der Waals surface area contributed by atoms with E-state index in [1.807, 2.05) is 0 Å². The van der Waals surface area contributed by atoms with Gasteiger partial charge in [0.25, 0.3) is 0 Å². The first-order valence-electron chi connectivity index (χ1n) is 1.43. The maximum atomic E-state index is 9.92. The van der Waals surface area contributed by atoms with Crippen molar-refractivity contribution in [1.29, 1.82) is 0 Å². The van der Waals surface area contributed by atoms with Gasteiger partial charge in [0.05, 0.1) is 0 Å². The molecule has 0 amide bonds. The second-order valence-electron chi connectivity index (χ2n) is 0.658. The van der Waals surface area contributed by atoms with Gasteiger partial charge in [-0.25, -0.2) is 0 Å². The molecule has 0 atom stereocenters. The molecule has 0 aliphatic heterocycles. The molecule has 0 aromatic carbocycles. The monoisotopic (exact) mass is 152 g/mol. The van der Waals surface area contributed by atoms with Gasteiger partial charge >= 0.3 is 46.0 Å². The van der Waals surface area contributed by atoms with Crippen LogP contribution in [0.1, 0.15) is 0 Å². The second-order valence-corrected chi connectivity index (χ2v) is 1.97. The molecule has 0 aromatic rings. The van der Waals surface area contributed by atoms with Crippen LogP contribution in [-0.2, 0) is 13.6 Å². The fraction of sp³-hybridized carbons (Fsp3) is 1.00. The zero-order chi connectivity index (χ0) is 4.99. The van der Waals surface area contributed by atoms with E-state index in [1.54, 1.807) is 0 Å². The van der Waals surface area contributed by atoms with Crippen molar-refractivity contribution in [1.82, 2.24) is 0 Å². The van der Waals surface area contributed by atoms with Crippen LogP contribution in [-0.4, -0.2) is 52.0 Å². The van der Waals surface area contributed by atoms with E-state index in [0.717, 1.165) is 0 Å². The van der Waals surface area contributed by atoms with Gasteiger partial charge < -0.3 is 9.05 Å². The van der Waals surface area contributed by atoms with Crippen molar-refractivity contribution >= 4 is 46.0 Å². The molecule has 0 rings (SSSR count). The van der Waals surface area contributed by atoms with E-state index in [-0.39, 0.29) is 37.7 Å². The van der Waals surface area contributed by atoms with E-state index < -0.39 is 8.25 Å². The van der Waals surface area contributed by atoms with Crippen LogP contribution < -0.4 is 0 Å². The Balaban J connectivity index is 0. The molecule has 5 heteroatoms. The molecule has 0 aliphatic carbocycles. The summed E-state index contributed by atoms with van der Waals surface area (Å²) in [7, 11) is 0.558. The molecule has 7 heavy (non-hydrogen) atoms. The molecular formula is C2H9CaO3P. The molecular weight excluding hydrogens is 143 g/mol. The van der Waals surface area contributed by atoms with Crippen LogP contribution in [0, 0.1) is 0 Å². The summed E-state index contributed by atoms with van der Waals surface area (Å²) < 4.78 is 18.4. The molecule has 0 saturated carbocycles. The Hall–Kier alpha value is 1.41. The van der Waals surface area contributed by atoms with Crippen molar-refractivity contribution in [3.63, 3.8) is 0 Å². The zero-order valence-corrected chi connectivity index (χ0v) is 4.72. The van der Waals surface area contributed by atoms with Crippen LogP contribution in [0.25, 0.3) is 0 Å². The van der Waals surface area contributed by atoms with E-state index in [4.69, 9.17) is 0 Å². The van der Waals surface area contributed by atoms with Gasteiger partial charge in [-0.05, 0) is 0 Å². The molecule has 0 bridgehead atoms. The van der Waals surface area contributed by atoms with Crippen molar-refractivity contribution in [2.75, 3.05) is 14.2 Å². The number of hydrogen-bond acceptors (Lipinski definition) is 3. The minimum absolute atomic E-state index is 0. The second kappa shape index (κ2) is 7.41. The van der Waals surface area contributed by atoms with Crippen LogP contribution in [0.4, 0.5) is 0 Å². The fourth-order valence-corrected chi connectivity index (χ4v) is 0.250. The topological polar surface area (TPSA) is 35.5 Å². The third-order valence-corrected chi connectivity index (χ3v) is 1.00. The quantitative estimate of drug-likeness (QED) is 0.404. The van der Waals surface area contributed by atoms with Gasteiger partial charge in [0.15, 0.2) is 0 Å². The van der Waals surface area contributed by atoms with Gasteiger partial charge in [-0.1, -0.05) is 0 Å². The Morgan fingerprint density at radius 2 is 1.57 bits per heavy atom. The average molecular weight is 152 g/mol. The summed E-state index contributed by atoms with van der Waals surface area (Å²) in [6.45, 7) is 0. The van der Waals surface area contributed by atoms with E-state index in [0.29, 0.717) is 0 Å². The van der Waals surface area contributed by atoms with Gasteiger partial charge in [-0.3, -0.25) is 4.57 Å². The molecule has 42 valence electrons. The summed E-state index contributed by atoms with van der Waals surface area (Å²) in [5.74, 6) is 0. The van der Waals surface area contributed by atoms with Crippen LogP contribution in [0.3, 0.4) is 0 Å². The van der Waals surface area contributed by atoms with Crippen molar-refractivity contribution in [3.8, 4) is 0 Å². The fourth-order valence-electron chi connectivity index (χ4n) is 0.0833. The SMILES string of the molecule is CO[PH](=O)OC.[CaH2]. The summed E-state index contributed by atoms with van der Waals surface area (Å²) in [4.78, 5) is 0. The van der Waals surface area contributed by atoms with Gasteiger partial charge in [0.2, 0.25) is 0 Å². The summed E-state index contributed by atoms with van der Waals surface area (Å²) in [5.41, 5.74) is 0. The number of hydrogen-bond donors (Lipinski definition) is 0. The van der Waals surface area contributed by atoms with Crippen molar-refractivity contribution in [2.24, 2.45) is 0 Å². The van der Waals surface area contributed by atoms with Crippen LogP contribution >= 0.6 is 8.25 Å². The Morgan fingerprint density at radius 1 is 1.29 bits per heavy atom. The molecule has 0 spiro atoms. The predicted molar refractivity (Wildman–Crippen MR) is 31.6 cm³/mol. The Morgan fingerprint density at radius 3 is 1.57 bits per heavy atom. The van der Waals surface area contributed by atoms with Gasteiger partial charge in [-0.2, -0.15) is 0 Å². The third kappa shape index (κ3) is 7.41. The van der Waals surface area contributed by atoms with Gasteiger partial charge in [0, 0.05) is 14.2 Å². The van der Waals surface area contributed by atoms with E-state index in [9.17, 15) is 4.57 Å². The van der Waals surface area contributed by atoms with Crippen molar-refractivity contribution < 1.29 is 13.6 Å². The Labute approximate surface area is 73.3 Å². The summed E-state index contributed by atoms with van der Waals surface area (Å²) >= 11 is 0. The predicted octanol–water partition coefficient (Wildman–Crippen LogP) is -0.247. The molecule has 0 aliphatic rings. The zero-order valence-electron chi connectivity index (χ0n) is 3.72. The van der Waals surface area contributed by atoms with Crippen molar-refractivity contribution in [2.45, 2.75) is 0 Å². The standard InChI is InChI=1S/C2H7O3P.Ca.2H/c1-4-6(3)5-2;;;/h6H,1-2H3;;;. The first-order chi connectivity index (χ1) is 2.81. The molecule has 0 aromatic heterocycles. The molecule has 0 N–H and O–H groups in total. The van der Waals surface area contributed by atoms with Gasteiger partial charge in [-0.15, -0.1) is 0 Å². The summed E-state index contributed by atoms with van der Waals surface area (Å²) in [5, 5.41) is 0. The molecule has 3 nitrogen and oxygen atoms in total. The Bertz CT molecular complexity index is 50.9. The van der Waals surface area contributed by atoms with E-state index in [1.165, 1.54) is 14.2 Å². The maximum absolute atomic E-state index is 9.92. The van der Waals surface area contributed by atoms with Crippen LogP contribution in [0.15, 0.2) is 0 Å².